The van der Waals surface area contributed by atoms with Gasteiger partial charge in [0.1, 0.15) is 5.82 Å². The maximum Gasteiger partial charge on any atom is 0.301 e. The van der Waals surface area contributed by atoms with Crippen LogP contribution in [0.1, 0.15) is 49.2 Å². The lowest BCUT2D eigenvalue weighted by atomic mass is 9.95. The fourth-order valence-electron chi connectivity index (χ4n) is 4.64. The predicted octanol–water partition coefficient (Wildman–Crippen LogP) is 6.62. The van der Waals surface area contributed by atoms with Gasteiger partial charge in [0, 0.05) is 16.9 Å². The van der Waals surface area contributed by atoms with Crippen molar-refractivity contribution >= 4 is 33.7 Å². The van der Waals surface area contributed by atoms with Crippen molar-refractivity contribution in [1.82, 2.24) is 20.4 Å². The number of nitrogens with one attached hydrogen (secondary N) is 2. The molecule has 1 aromatic heterocycles. The number of fused-ring (bicyclic) bond motifs is 1. The van der Waals surface area contributed by atoms with Gasteiger partial charge in [0.25, 0.3) is 0 Å². The van der Waals surface area contributed by atoms with Gasteiger partial charge < -0.3 is 4.57 Å². The summed E-state index contributed by atoms with van der Waals surface area (Å²) in [7, 11) is 0. The molecule has 1 amide bonds. The van der Waals surface area contributed by atoms with E-state index in [-0.39, 0.29) is 5.24 Å². The molecule has 0 aliphatic carbocycles. The molecule has 1 aliphatic rings. The average Bonchev–Trinajstić information content (AvgIpc) is 3.24. The molecule has 3 aromatic carbocycles. The minimum absolute atomic E-state index is 0.117. The number of nitriles is 1. The van der Waals surface area contributed by atoms with Crippen LogP contribution < -0.4 is 10.9 Å². The van der Waals surface area contributed by atoms with E-state index in [2.05, 4.69) is 64.8 Å². The Bertz CT molecular complexity index is 1510. The van der Waals surface area contributed by atoms with Crippen LogP contribution in [-0.4, -0.2) is 14.8 Å². The Morgan fingerprint density at radius 3 is 2.61 bits per heavy atom. The van der Waals surface area contributed by atoms with E-state index in [1.165, 1.54) is 11.8 Å². The predicted molar refractivity (Wildman–Crippen MR) is 146 cm³/mol. The Morgan fingerprint density at radius 1 is 1.03 bits per heavy atom. The molecule has 0 unspecified atom stereocenters. The maximum atomic E-state index is 11.7. The number of allylic oxidation sites excluding steroid dienone is 1. The lowest BCUT2D eigenvalue weighted by Crippen LogP contribution is -2.37. The summed E-state index contributed by atoms with van der Waals surface area (Å²) in [4.78, 5) is 17.6. The van der Waals surface area contributed by atoms with E-state index < -0.39 is 0 Å². The van der Waals surface area contributed by atoms with Gasteiger partial charge >= 0.3 is 5.24 Å². The van der Waals surface area contributed by atoms with Gasteiger partial charge in [-0.2, -0.15) is 5.26 Å². The number of aromatic nitrogens is 2. The molecule has 7 heteroatoms. The number of carbonyl (C=O) groups is 1. The minimum Gasteiger partial charge on any atom is -0.323 e. The zero-order chi connectivity index (χ0) is 25.1. The van der Waals surface area contributed by atoms with Crippen LogP contribution in [0.2, 0.25) is 0 Å². The van der Waals surface area contributed by atoms with Crippen molar-refractivity contribution in [3.05, 3.63) is 94.1 Å². The van der Waals surface area contributed by atoms with Gasteiger partial charge in [-0.15, -0.1) is 0 Å². The van der Waals surface area contributed by atoms with Gasteiger partial charge in [-0.3, -0.25) is 15.6 Å². The molecule has 1 aliphatic heterocycles. The lowest BCUT2D eigenvalue weighted by molar-refractivity contribution is 0.259. The molecule has 0 spiro atoms. The molecule has 5 rings (SSSR count). The standard InChI is InChI=1S/C29H27N5OS/c1-3-4-13-27-31-25-16-21(28-19(2)36-29(35)33-32-28)14-15-26(25)34(27)18-24-22(17-30)11-8-12-23(24)20-9-6-5-7-10-20/h5-12,14-16,32H,3-4,13,18H2,1-2H3,(H,33,35). The minimum atomic E-state index is -0.117. The van der Waals surface area contributed by atoms with E-state index in [0.29, 0.717) is 12.1 Å². The number of unbranched alkanes of at least 4 members (excludes halogenated alkanes) is 1. The van der Waals surface area contributed by atoms with Gasteiger partial charge in [-0.05, 0) is 60.0 Å². The molecule has 36 heavy (non-hydrogen) atoms. The fourth-order valence-corrected chi connectivity index (χ4v) is 5.29. The van der Waals surface area contributed by atoms with Crippen LogP contribution >= 0.6 is 11.8 Å². The van der Waals surface area contributed by atoms with Crippen molar-refractivity contribution in [1.29, 1.82) is 5.26 Å². The Balaban J connectivity index is 1.63. The quantitative estimate of drug-likeness (QED) is 0.302. The number of thioether (sulfide) groups is 1. The zero-order valence-electron chi connectivity index (χ0n) is 20.3. The second-order valence-corrected chi connectivity index (χ2v) is 9.99. The van der Waals surface area contributed by atoms with Crippen LogP contribution in [-0.2, 0) is 13.0 Å². The van der Waals surface area contributed by atoms with Crippen molar-refractivity contribution in [3.8, 4) is 17.2 Å². The highest BCUT2D eigenvalue weighted by molar-refractivity contribution is 8.17. The lowest BCUT2D eigenvalue weighted by Gasteiger charge is -2.20. The van der Waals surface area contributed by atoms with Gasteiger partial charge in [0.2, 0.25) is 0 Å². The number of carbonyl (C=O) groups excluding carboxylic acids is 1. The molecule has 0 fully saturated rings. The highest BCUT2D eigenvalue weighted by Crippen LogP contribution is 2.32. The number of imidazole rings is 1. The number of amides is 1. The second-order valence-electron chi connectivity index (χ2n) is 8.80. The van der Waals surface area contributed by atoms with Gasteiger partial charge in [0.15, 0.2) is 0 Å². The molecule has 0 atom stereocenters. The van der Waals surface area contributed by atoms with Crippen LogP contribution in [0.5, 0.6) is 0 Å². The summed E-state index contributed by atoms with van der Waals surface area (Å²) in [5.74, 6) is 1.01. The number of hydrogen-bond acceptors (Lipinski definition) is 5. The maximum absolute atomic E-state index is 11.7. The highest BCUT2D eigenvalue weighted by atomic mass is 32.2. The van der Waals surface area contributed by atoms with Crippen LogP contribution in [0.4, 0.5) is 4.79 Å². The summed E-state index contributed by atoms with van der Waals surface area (Å²) in [5, 5.41) is 9.83. The normalized spacial score (nSPS) is 13.4. The molecule has 4 aromatic rings. The largest absolute Gasteiger partial charge is 0.323 e. The van der Waals surface area contributed by atoms with Gasteiger partial charge in [-0.25, -0.2) is 4.98 Å². The Morgan fingerprint density at radius 2 is 1.86 bits per heavy atom. The molecular formula is C29H27N5OS. The Kier molecular flexibility index (Phi) is 6.79. The number of nitrogens with zero attached hydrogens (tertiary/aromatic N) is 3. The SMILES string of the molecule is CCCCc1nc2cc(C3=C(C)SC(=O)NN3)ccc2n1Cc1c(C#N)cccc1-c1ccccc1. The molecule has 2 N–H and O–H groups in total. The molecule has 0 saturated heterocycles. The van der Waals surface area contributed by atoms with E-state index >= 15 is 0 Å². The smallest absolute Gasteiger partial charge is 0.301 e. The van der Waals surface area contributed by atoms with Crippen molar-refractivity contribution in [2.75, 3.05) is 0 Å². The third-order valence-corrected chi connectivity index (χ3v) is 7.25. The van der Waals surface area contributed by atoms with Crippen LogP contribution in [0.25, 0.3) is 27.9 Å². The summed E-state index contributed by atoms with van der Waals surface area (Å²) in [6, 6.07) is 24.8. The monoisotopic (exact) mass is 493 g/mol. The molecule has 0 bridgehead atoms. The summed E-state index contributed by atoms with van der Waals surface area (Å²) < 4.78 is 2.25. The number of benzene rings is 3. The first-order valence-corrected chi connectivity index (χ1v) is 12.9. The second kappa shape index (κ2) is 10.3. The van der Waals surface area contributed by atoms with E-state index in [1.54, 1.807) is 0 Å². The van der Waals surface area contributed by atoms with Crippen molar-refractivity contribution in [2.45, 2.75) is 39.7 Å². The number of hydrazine groups is 1. The number of rotatable bonds is 7. The van der Waals surface area contributed by atoms with E-state index in [1.807, 2.05) is 37.3 Å². The van der Waals surface area contributed by atoms with Crippen molar-refractivity contribution in [2.24, 2.45) is 0 Å². The third-order valence-electron chi connectivity index (χ3n) is 6.45. The molecule has 180 valence electrons. The van der Waals surface area contributed by atoms with Crippen LogP contribution in [0.3, 0.4) is 0 Å². The summed E-state index contributed by atoms with van der Waals surface area (Å²) in [6.45, 7) is 4.68. The first kappa shape index (κ1) is 23.7. The fraction of sp³-hybridized carbons (Fsp3) is 0.207. The van der Waals surface area contributed by atoms with Crippen LogP contribution in [0.15, 0.2) is 71.6 Å². The van der Waals surface area contributed by atoms with Gasteiger partial charge in [0.05, 0.1) is 34.9 Å². The number of hydrogen-bond donors (Lipinski definition) is 2. The summed E-state index contributed by atoms with van der Waals surface area (Å²) in [6.07, 6.45) is 2.98. The molecular weight excluding hydrogens is 466 g/mol. The number of aryl methyl sites for hydroxylation is 1. The van der Waals surface area contributed by atoms with Gasteiger partial charge in [-0.1, -0.05) is 61.9 Å². The van der Waals surface area contributed by atoms with E-state index in [0.717, 1.165) is 69.0 Å². The topological polar surface area (TPSA) is 82.7 Å². The summed E-state index contributed by atoms with van der Waals surface area (Å²) >= 11 is 1.19. The summed E-state index contributed by atoms with van der Waals surface area (Å²) in [5.41, 5.74) is 13.3. The molecule has 2 heterocycles. The van der Waals surface area contributed by atoms with Crippen LogP contribution in [0, 0.1) is 11.3 Å². The Labute approximate surface area is 215 Å². The third kappa shape index (κ3) is 4.60. The molecule has 6 nitrogen and oxygen atoms in total. The first-order chi connectivity index (χ1) is 17.6. The highest BCUT2D eigenvalue weighted by Gasteiger charge is 2.20. The first-order valence-electron chi connectivity index (χ1n) is 12.1. The van der Waals surface area contributed by atoms with Crippen molar-refractivity contribution < 1.29 is 4.79 Å². The average molecular weight is 494 g/mol. The molecule has 0 saturated carbocycles. The molecule has 0 radical (unpaired) electrons. The zero-order valence-corrected chi connectivity index (χ0v) is 21.2. The van der Waals surface area contributed by atoms with Crippen molar-refractivity contribution in [3.63, 3.8) is 0 Å². The van der Waals surface area contributed by atoms with E-state index in [4.69, 9.17) is 4.98 Å². The van der Waals surface area contributed by atoms with E-state index in [9.17, 15) is 10.1 Å². The Hall–Kier alpha value is -4.02.